The van der Waals surface area contributed by atoms with Gasteiger partial charge >= 0.3 is 0 Å². The summed E-state index contributed by atoms with van der Waals surface area (Å²) in [6, 6.07) is 0. The maximum atomic E-state index is 3.24. The molecule has 1 N–H and O–H groups in total. The third-order valence-corrected chi connectivity index (χ3v) is 4.06. The summed E-state index contributed by atoms with van der Waals surface area (Å²) in [4.78, 5) is 1.62. The molecule has 0 saturated heterocycles. The van der Waals surface area contributed by atoms with Crippen LogP contribution < -0.4 is 5.32 Å². The van der Waals surface area contributed by atoms with Crippen molar-refractivity contribution < 1.29 is 0 Å². The number of nitrogens with one attached hydrogen (secondary N) is 1. The standard InChI is InChI=1S/C11H17NS/c1-11(2)5-4-9-10(11)8(6-12-3)7-13-9/h7,12H,4-6H2,1-3H3. The Bertz CT molecular complexity index is 312. The van der Waals surface area contributed by atoms with Crippen molar-refractivity contribution in [1.82, 2.24) is 5.32 Å². The fraction of sp³-hybridized carbons (Fsp3) is 0.636. The normalized spacial score (nSPS) is 19.0. The highest BCUT2D eigenvalue weighted by atomic mass is 32.1. The van der Waals surface area contributed by atoms with Crippen LogP contribution in [0.5, 0.6) is 0 Å². The van der Waals surface area contributed by atoms with E-state index in [1.54, 1.807) is 10.4 Å². The number of thiophene rings is 1. The molecule has 0 bridgehead atoms. The molecule has 0 saturated carbocycles. The van der Waals surface area contributed by atoms with Crippen LogP contribution in [-0.2, 0) is 18.4 Å². The molecule has 1 aliphatic rings. The average Bonchev–Trinajstić information content (AvgIpc) is 2.57. The van der Waals surface area contributed by atoms with Gasteiger partial charge in [-0.15, -0.1) is 11.3 Å². The lowest BCUT2D eigenvalue weighted by molar-refractivity contribution is 0.516. The minimum absolute atomic E-state index is 0.418. The zero-order valence-corrected chi connectivity index (χ0v) is 9.42. The zero-order chi connectivity index (χ0) is 9.47. The minimum Gasteiger partial charge on any atom is -0.316 e. The van der Waals surface area contributed by atoms with Crippen LogP contribution >= 0.6 is 11.3 Å². The van der Waals surface area contributed by atoms with Crippen LogP contribution in [0.2, 0.25) is 0 Å². The Labute approximate surface area is 84.2 Å². The van der Waals surface area contributed by atoms with Gasteiger partial charge in [0, 0.05) is 11.4 Å². The summed E-state index contributed by atoms with van der Waals surface area (Å²) in [5.41, 5.74) is 3.57. The molecule has 0 aliphatic heterocycles. The molecule has 1 aliphatic carbocycles. The molecule has 1 aromatic rings. The molecule has 13 heavy (non-hydrogen) atoms. The number of hydrogen-bond acceptors (Lipinski definition) is 2. The van der Waals surface area contributed by atoms with Crippen LogP contribution in [0, 0.1) is 0 Å². The first-order valence-corrected chi connectivity index (χ1v) is 5.77. The molecule has 1 heterocycles. The molecule has 2 heteroatoms. The van der Waals surface area contributed by atoms with Crippen molar-refractivity contribution in [2.45, 2.75) is 38.6 Å². The molecule has 0 unspecified atom stereocenters. The fourth-order valence-electron chi connectivity index (χ4n) is 2.31. The van der Waals surface area contributed by atoms with Crippen molar-refractivity contribution in [1.29, 1.82) is 0 Å². The SMILES string of the molecule is CNCc1csc2c1C(C)(C)CC2. The van der Waals surface area contributed by atoms with Gasteiger partial charge in [0.15, 0.2) is 0 Å². The first kappa shape index (κ1) is 9.22. The Hall–Kier alpha value is -0.340. The van der Waals surface area contributed by atoms with Crippen molar-refractivity contribution in [3.8, 4) is 0 Å². The summed E-state index contributed by atoms with van der Waals surface area (Å²) < 4.78 is 0. The second-order valence-corrected chi connectivity index (χ2v) is 5.44. The van der Waals surface area contributed by atoms with Gasteiger partial charge in [-0.25, -0.2) is 0 Å². The van der Waals surface area contributed by atoms with Crippen molar-refractivity contribution in [2.75, 3.05) is 7.05 Å². The lowest BCUT2D eigenvalue weighted by Gasteiger charge is -2.19. The first-order chi connectivity index (χ1) is 6.15. The predicted molar refractivity (Wildman–Crippen MR) is 58.4 cm³/mol. The quantitative estimate of drug-likeness (QED) is 0.765. The number of fused-ring (bicyclic) bond motifs is 1. The molecular formula is C11H17NS. The van der Waals surface area contributed by atoms with Crippen LogP contribution in [0.1, 0.15) is 36.3 Å². The van der Waals surface area contributed by atoms with E-state index in [1.165, 1.54) is 18.4 Å². The Morgan fingerprint density at radius 1 is 1.54 bits per heavy atom. The van der Waals surface area contributed by atoms with Gasteiger partial charge in [-0.2, -0.15) is 0 Å². The molecule has 0 amide bonds. The molecular weight excluding hydrogens is 178 g/mol. The van der Waals surface area contributed by atoms with Gasteiger partial charge in [0.25, 0.3) is 0 Å². The van der Waals surface area contributed by atoms with E-state index in [-0.39, 0.29) is 0 Å². The van der Waals surface area contributed by atoms with Gasteiger partial charge in [0.1, 0.15) is 0 Å². The summed E-state index contributed by atoms with van der Waals surface area (Å²) in [7, 11) is 2.02. The maximum absolute atomic E-state index is 3.24. The topological polar surface area (TPSA) is 12.0 Å². The zero-order valence-electron chi connectivity index (χ0n) is 8.61. The summed E-state index contributed by atoms with van der Waals surface area (Å²) >= 11 is 1.94. The van der Waals surface area contributed by atoms with Crippen molar-refractivity contribution in [3.05, 3.63) is 21.4 Å². The van der Waals surface area contributed by atoms with Gasteiger partial charge in [-0.3, -0.25) is 0 Å². The van der Waals surface area contributed by atoms with Gasteiger partial charge in [-0.1, -0.05) is 13.8 Å². The van der Waals surface area contributed by atoms with E-state index in [2.05, 4.69) is 24.5 Å². The minimum atomic E-state index is 0.418. The second kappa shape index (κ2) is 3.10. The van der Waals surface area contributed by atoms with E-state index in [0.29, 0.717) is 5.41 Å². The lowest BCUT2D eigenvalue weighted by Crippen LogP contribution is -2.16. The van der Waals surface area contributed by atoms with Crippen molar-refractivity contribution in [3.63, 3.8) is 0 Å². The Balaban J connectivity index is 2.41. The van der Waals surface area contributed by atoms with E-state index in [1.807, 2.05) is 18.4 Å². The van der Waals surface area contributed by atoms with E-state index in [4.69, 9.17) is 0 Å². The molecule has 1 aromatic heterocycles. The molecule has 0 aromatic carbocycles. The van der Waals surface area contributed by atoms with E-state index in [0.717, 1.165) is 6.54 Å². The second-order valence-electron chi connectivity index (χ2n) is 4.47. The smallest absolute Gasteiger partial charge is 0.0213 e. The third kappa shape index (κ3) is 1.42. The summed E-state index contributed by atoms with van der Waals surface area (Å²) in [6.45, 7) is 5.75. The van der Waals surface area contributed by atoms with E-state index < -0.39 is 0 Å². The number of aryl methyl sites for hydroxylation is 1. The maximum Gasteiger partial charge on any atom is 0.0213 e. The molecule has 0 fully saturated rings. The molecule has 1 nitrogen and oxygen atoms in total. The van der Waals surface area contributed by atoms with Crippen molar-refractivity contribution >= 4 is 11.3 Å². The van der Waals surface area contributed by atoms with Gasteiger partial charge in [-0.05, 0) is 41.8 Å². The molecule has 2 rings (SSSR count). The average molecular weight is 195 g/mol. The summed E-state index contributed by atoms with van der Waals surface area (Å²) in [5, 5.41) is 5.57. The number of hydrogen-bond donors (Lipinski definition) is 1. The Kier molecular flexibility index (Phi) is 2.20. The molecule has 0 radical (unpaired) electrons. The van der Waals surface area contributed by atoms with Crippen LogP contribution in [0.15, 0.2) is 5.38 Å². The fourth-order valence-corrected chi connectivity index (χ4v) is 3.54. The molecule has 0 atom stereocenters. The largest absolute Gasteiger partial charge is 0.316 e. The van der Waals surface area contributed by atoms with E-state index in [9.17, 15) is 0 Å². The van der Waals surface area contributed by atoms with Crippen molar-refractivity contribution in [2.24, 2.45) is 0 Å². The highest BCUT2D eigenvalue weighted by Crippen LogP contribution is 2.43. The summed E-state index contributed by atoms with van der Waals surface area (Å²) in [5.74, 6) is 0. The predicted octanol–water partition coefficient (Wildman–Crippen LogP) is 2.69. The molecule has 0 spiro atoms. The Morgan fingerprint density at radius 3 is 3.00 bits per heavy atom. The highest BCUT2D eigenvalue weighted by molar-refractivity contribution is 7.10. The van der Waals surface area contributed by atoms with Crippen LogP contribution in [-0.4, -0.2) is 7.05 Å². The van der Waals surface area contributed by atoms with Crippen LogP contribution in [0.4, 0.5) is 0 Å². The van der Waals surface area contributed by atoms with Gasteiger partial charge in [0.2, 0.25) is 0 Å². The summed E-state index contributed by atoms with van der Waals surface area (Å²) in [6.07, 6.45) is 2.61. The third-order valence-electron chi connectivity index (χ3n) is 2.96. The first-order valence-electron chi connectivity index (χ1n) is 4.89. The van der Waals surface area contributed by atoms with Gasteiger partial charge in [0.05, 0.1) is 0 Å². The highest BCUT2D eigenvalue weighted by Gasteiger charge is 2.33. The van der Waals surface area contributed by atoms with E-state index >= 15 is 0 Å². The van der Waals surface area contributed by atoms with Gasteiger partial charge < -0.3 is 5.32 Å². The Morgan fingerprint density at radius 2 is 2.31 bits per heavy atom. The monoisotopic (exact) mass is 195 g/mol. The lowest BCUT2D eigenvalue weighted by atomic mass is 9.85. The molecule has 72 valence electrons. The van der Waals surface area contributed by atoms with Crippen LogP contribution in [0.25, 0.3) is 0 Å². The number of rotatable bonds is 2. The van der Waals surface area contributed by atoms with Crippen LogP contribution in [0.3, 0.4) is 0 Å².